The summed E-state index contributed by atoms with van der Waals surface area (Å²) in [6.07, 6.45) is 0.923. The lowest BCUT2D eigenvalue weighted by atomic mass is 10.00. The molecule has 5 nitrogen and oxygen atoms in total. The van der Waals surface area contributed by atoms with Crippen LogP contribution in [0.1, 0.15) is 11.1 Å². The molecule has 4 rings (SSSR count). The van der Waals surface area contributed by atoms with E-state index in [4.69, 9.17) is 0 Å². The summed E-state index contributed by atoms with van der Waals surface area (Å²) in [6, 6.07) is 16.2. The third-order valence-electron chi connectivity index (χ3n) is 4.28. The molecule has 0 unspecified atom stereocenters. The molecule has 27 heavy (non-hydrogen) atoms. The summed E-state index contributed by atoms with van der Waals surface area (Å²) in [5.41, 5.74) is 3.54. The summed E-state index contributed by atoms with van der Waals surface area (Å²) in [5, 5.41) is 12.3. The van der Waals surface area contributed by atoms with Crippen molar-refractivity contribution in [1.29, 1.82) is 0 Å². The zero-order valence-electron chi connectivity index (χ0n) is 14.4. The van der Waals surface area contributed by atoms with Crippen LogP contribution in [-0.4, -0.2) is 33.3 Å². The van der Waals surface area contributed by atoms with Gasteiger partial charge in [0.2, 0.25) is 11.0 Å². The standard InChI is InChI=1S/C19H17BrN4OS2/c20-15-6-3-7-16(10-15)21-18-22-23-19(27-18)26-12-17(25)24-9-8-13-4-1-2-5-14(13)11-24/h1-7,10H,8-9,11-12H2,(H,21,22). The van der Waals surface area contributed by atoms with Gasteiger partial charge in [0.15, 0.2) is 4.34 Å². The molecule has 0 saturated heterocycles. The van der Waals surface area contributed by atoms with E-state index in [0.29, 0.717) is 12.3 Å². The number of hydrogen-bond acceptors (Lipinski definition) is 6. The Morgan fingerprint density at radius 1 is 1.19 bits per heavy atom. The molecule has 0 fully saturated rings. The van der Waals surface area contributed by atoms with E-state index in [9.17, 15) is 4.79 Å². The molecule has 2 aromatic carbocycles. The van der Waals surface area contributed by atoms with Gasteiger partial charge in [0, 0.05) is 23.2 Å². The van der Waals surface area contributed by atoms with Crippen molar-refractivity contribution >= 4 is 55.8 Å². The highest BCUT2D eigenvalue weighted by atomic mass is 79.9. The zero-order valence-corrected chi connectivity index (χ0v) is 17.6. The van der Waals surface area contributed by atoms with Crippen molar-refractivity contribution in [3.05, 3.63) is 64.1 Å². The van der Waals surface area contributed by atoms with Crippen LogP contribution in [0.25, 0.3) is 0 Å². The number of nitrogens with one attached hydrogen (secondary N) is 1. The summed E-state index contributed by atoms with van der Waals surface area (Å²) < 4.78 is 1.79. The number of amides is 1. The first-order valence-corrected chi connectivity index (χ1v) is 11.1. The third-order valence-corrected chi connectivity index (χ3v) is 6.73. The molecule has 138 valence electrons. The average molecular weight is 461 g/mol. The second-order valence-electron chi connectivity index (χ2n) is 6.13. The smallest absolute Gasteiger partial charge is 0.233 e. The maximum atomic E-state index is 12.6. The highest BCUT2D eigenvalue weighted by Gasteiger charge is 2.20. The fraction of sp³-hybridized carbons (Fsp3) is 0.211. The molecule has 1 aromatic heterocycles. The minimum atomic E-state index is 0.145. The Labute approximate surface area is 174 Å². The Bertz CT molecular complexity index is 962. The first-order valence-electron chi connectivity index (χ1n) is 8.51. The Hall–Kier alpha value is -1.90. The van der Waals surface area contributed by atoms with E-state index in [1.807, 2.05) is 35.2 Å². The van der Waals surface area contributed by atoms with Gasteiger partial charge in [-0.3, -0.25) is 4.79 Å². The quantitative estimate of drug-likeness (QED) is 0.558. The first kappa shape index (κ1) is 18.5. The van der Waals surface area contributed by atoms with Crippen molar-refractivity contribution in [3.8, 4) is 0 Å². The molecule has 1 aliphatic heterocycles. The van der Waals surface area contributed by atoms with Gasteiger partial charge in [-0.2, -0.15) is 0 Å². The second-order valence-corrected chi connectivity index (χ2v) is 9.25. The summed E-state index contributed by atoms with van der Waals surface area (Å²) in [4.78, 5) is 14.5. The van der Waals surface area contributed by atoms with E-state index < -0.39 is 0 Å². The second kappa shape index (κ2) is 8.41. The van der Waals surface area contributed by atoms with Crippen LogP contribution in [-0.2, 0) is 17.8 Å². The van der Waals surface area contributed by atoms with Crippen LogP contribution in [0.5, 0.6) is 0 Å². The van der Waals surface area contributed by atoms with Gasteiger partial charge >= 0.3 is 0 Å². The van der Waals surface area contributed by atoms with E-state index in [1.165, 1.54) is 34.2 Å². The minimum Gasteiger partial charge on any atom is -0.337 e. The van der Waals surface area contributed by atoms with Gasteiger partial charge in [-0.1, -0.05) is 69.4 Å². The third kappa shape index (κ3) is 4.69. The summed E-state index contributed by atoms with van der Waals surface area (Å²) in [5.74, 6) is 0.527. The summed E-state index contributed by atoms with van der Waals surface area (Å²) >= 11 is 6.35. The van der Waals surface area contributed by atoms with Crippen LogP contribution >= 0.6 is 39.0 Å². The highest BCUT2D eigenvalue weighted by Crippen LogP contribution is 2.29. The lowest BCUT2D eigenvalue weighted by Crippen LogP contribution is -2.37. The number of fused-ring (bicyclic) bond motifs is 1. The van der Waals surface area contributed by atoms with Gasteiger partial charge in [0.25, 0.3) is 0 Å². The largest absolute Gasteiger partial charge is 0.337 e. The normalized spacial score (nSPS) is 13.3. The first-order chi connectivity index (χ1) is 13.2. The number of carbonyl (C=O) groups excluding carboxylic acids is 1. The van der Waals surface area contributed by atoms with Gasteiger partial charge in [0.05, 0.1) is 5.75 Å². The lowest BCUT2D eigenvalue weighted by molar-refractivity contribution is -0.129. The molecule has 0 spiro atoms. The molecule has 2 heterocycles. The monoisotopic (exact) mass is 460 g/mol. The number of thioether (sulfide) groups is 1. The molecule has 1 N–H and O–H groups in total. The van der Waals surface area contributed by atoms with Crippen molar-refractivity contribution < 1.29 is 4.79 Å². The van der Waals surface area contributed by atoms with Gasteiger partial charge in [-0.25, -0.2) is 0 Å². The molecule has 0 radical (unpaired) electrons. The fourth-order valence-corrected chi connectivity index (χ4v) is 5.01. The predicted molar refractivity (Wildman–Crippen MR) is 114 cm³/mol. The molecule has 0 saturated carbocycles. The minimum absolute atomic E-state index is 0.145. The number of rotatable bonds is 5. The van der Waals surface area contributed by atoms with Crippen molar-refractivity contribution in [2.45, 2.75) is 17.3 Å². The van der Waals surface area contributed by atoms with Gasteiger partial charge in [-0.15, -0.1) is 10.2 Å². The van der Waals surface area contributed by atoms with E-state index in [1.54, 1.807) is 0 Å². The summed E-state index contributed by atoms with van der Waals surface area (Å²) in [6.45, 7) is 1.48. The number of benzene rings is 2. The molecule has 0 aliphatic carbocycles. The van der Waals surface area contributed by atoms with Crippen LogP contribution < -0.4 is 5.32 Å². The van der Waals surface area contributed by atoms with Gasteiger partial charge in [-0.05, 0) is 35.7 Å². The van der Waals surface area contributed by atoms with Crippen LogP contribution in [0.15, 0.2) is 57.3 Å². The Balaban J connectivity index is 1.32. The maximum Gasteiger partial charge on any atom is 0.233 e. The van der Waals surface area contributed by atoms with Gasteiger partial charge in [0.1, 0.15) is 0 Å². The topological polar surface area (TPSA) is 58.1 Å². The maximum absolute atomic E-state index is 12.6. The zero-order chi connectivity index (χ0) is 18.6. The number of nitrogens with zero attached hydrogens (tertiary/aromatic N) is 3. The number of halogens is 1. The number of hydrogen-bond donors (Lipinski definition) is 1. The molecule has 8 heteroatoms. The molecule has 3 aromatic rings. The Morgan fingerprint density at radius 3 is 2.89 bits per heavy atom. The van der Waals surface area contributed by atoms with Gasteiger partial charge < -0.3 is 10.2 Å². The van der Waals surface area contributed by atoms with Crippen molar-refractivity contribution in [3.63, 3.8) is 0 Å². The lowest BCUT2D eigenvalue weighted by Gasteiger charge is -2.28. The van der Waals surface area contributed by atoms with Crippen molar-refractivity contribution in [1.82, 2.24) is 15.1 Å². The SMILES string of the molecule is O=C(CSc1nnc(Nc2cccc(Br)c2)s1)N1CCc2ccccc2C1. The predicted octanol–water partition coefficient (Wildman–Crippen LogP) is 4.72. The average Bonchev–Trinajstić information content (AvgIpc) is 3.13. The van der Waals surface area contributed by atoms with Crippen LogP contribution in [0.3, 0.4) is 0 Å². The Morgan fingerprint density at radius 2 is 2.04 bits per heavy atom. The molecule has 0 bridgehead atoms. The molecule has 0 atom stereocenters. The molecular weight excluding hydrogens is 444 g/mol. The van der Waals surface area contributed by atoms with Crippen LogP contribution in [0.2, 0.25) is 0 Å². The highest BCUT2D eigenvalue weighted by molar-refractivity contribution is 9.10. The van der Waals surface area contributed by atoms with E-state index in [-0.39, 0.29) is 5.91 Å². The Kier molecular flexibility index (Phi) is 5.75. The van der Waals surface area contributed by atoms with Crippen molar-refractivity contribution in [2.75, 3.05) is 17.6 Å². The molecule has 1 amide bonds. The number of aromatic nitrogens is 2. The number of carbonyl (C=O) groups is 1. The number of anilines is 2. The summed E-state index contributed by atoms with van der Waals surface area (Å²) in [7, 11) is 0. The van der Waals surface area contributed by atoms with E-state index >= 15 is 0 Å². The van der Waals surface area contributed by atoms with E-state index in [2.05, 4.69) is 49.6 Å². The van der Waals surface area contributed by atoms with Crippen LogP contribution in [0.4, 0.5) is 10.8 Å². The molecule has 1 aliphatic rings. The fourth-order valence-electron chi connectivity index (χ4n) is 2.93. The van der Waals surface area contributed by atoms with Crippen molar-refractivity contribution in [2.24, 2.45) is 0 Å². The van der Waals surface area contributed by atoms with Crippen LogP contribution in [0, 0.1) is 0 Å². The van der Waals surface area contributed by atoms with E-state index in [0.717, 1.165) is 32.6 Å². The molecular formula is C19H17BrN4OS2.